The van der Waals surface area contributed by atoms with Crippen molar-refractivity contribution in [3.05, 3.63) is 53.6 Å². The highest BCUT2D eigenvalue weighted by Crippen LogP contribution is 2.42. The standard InChI is InChI=1S/C16H14O4/c1-19-11-7-12-13(17)9-15(10-5-3-2-4-6-10)20-16(12)14(18)8-11/h2-8,15,18H,9H2,1H3/t15-/m0/s1. The smallest absolute Gasteiger partial charge is 0.172 e. The Kier molecular flexibility index (Phi) is 3.06. The molecule has 20 heavy (non-hydrogen) atoms. The number of hydrogen-bond donors (Lipinski definition) is 1. The maximum absolute atomic E-state index is 12.2. The number of ketones is 1. The fourth-order valence-corrected chi connectivity index (χ4v) is 2.35. The largest absolute Gasteiger partial charge is 0.504 e. The van der Waals surface area contributed by atoms with Gasteiger partial charge in [-0.25, -0.2) is 0 Å². The number of phenols is 1. The van der Waals surface area contributed by atoms with Crippen LogP contribution < -0.4 is 9.47 Å². The Balaban J connectivity index is 2.01. The molecule has 0 bridgehead atoms. The molecule has 0 fully saturated rings. The Hall–Kier alpha value is -2.49. The first-order valence-electron chi connectivity index (χ1n) is 6.35. The Morgan fingerprint density at radius 1 is 1.25 bits per heavy atom. The molecule has 4 heteroatoms. The molecule has 0 aromatic heterocycles. The fourth-order valence-electron chi connectivity index (χ4n) is 2.35. The Labute approximate surface area is 116 Å². The van der Waals surface area contributed by atoms with Crippen molar-refractivity contribution < 1.29 is 19.4 Å². The summed E-state index contributed by atoms with van der Waals surface area (Å²) in [6, 6.07) is 12.6. The molecule has 0 saturated heterocycles. The van der Waals surface area contributed by atoms with Crippen molar-refractivity contribution in [1.29, 1.82) is 0 Å². The van der Waals surface area contributed by atoms with Crippen LogP contribution in [0, 0.1) is 0 Å². The van der Waals surface area contributed by atoms with Crippen molar-refractivity contribution >= 4 is 5.78 Å². The first-order chi connectivity index (χ1) is 9.69. The first-order valence-corrected chi connectivity index (χ1v) is 6.35. The molecule has 1 N–H and O–H groups in total. The van der Waals surface area contributed by atoms with Gasteiger partial charge in [-0.15, -0.1) is 0 Å². The van der Waals surface area contributed by atoms with Crippen LogP contribution in [0.25, 0.3) is 0 Å². The molecule has 0 unspecified atom stereocenters. The zero-order chi connectivity index (χ0) is 14.1. The van der Waals surface area contributed by atoms with Gasteiger partial charge in [-0.1, -0.05) is 30.3 Å². The van der Waals surface area contributed by atoms with Gasteiger partial charge < -0.3 is 14.6 Å². The third kappa shape index (κ3) is 2.09. The molecular weight excluding hydrogens is 256 g/mol. The monoisotopic (exact) mass is 270 g/mol. The lowest BCUT2D eigenvalue weighted by Gasteiger charge is -2.26. The number of Topliss-reactive ketones (excluding diaryl/α,β-unsaturated/α-hetero) is 1. The minimum atomic E-state index is -0.365. The van der Waals surface area contributed by atoms with Gasteiger partial charge in [0, 0.05) is 6.07 Å². The number of aromatic hydroxyl groups is 1. The van der Waals surface area contributed by atoms with Gasteiger partial charge in [0.2, 0.25) is 0 Å². The van der Waals surface area contributed by atoms with E-state index in [0.717, 1.165) is 5.56 Å². The molecule has 2 aromatic rings. The van der Waals surface area contributed by atoms with Crippen LogP contribution in [0.1, 0.15) is 28.4 Å². The van der Waals surface area contributed by atoms with E-state index in [0.29, 0.717) is 11.3 Å². The van der Waals surface area contributed by atoms with E-state index < -0.39 is 0 Å². The van der Waals surface area contributed by atoms with Gasteiger partial charge in [-0.3, -0.25) is 4.79 Å². The van der Waals surface area contributed by atoms with Gasteiger partial charge in [-0.2, -0.15) is 0 Å². The van der Waals surface area contributed by atoms with Gasteiger partial charge in [0.15, 0.2) is 17.3 Å². The van der Waals surface area contributed by atoms with Crippen molar-refractivity contribution in [2.45, 2.75) is 12.5 Å². The molecule has 0 aliphatic carbocycles. The summed E-state index contributed by atoms with van der Waals surface area (Å²) in [5, 5.41) is 9.99. The Bertz CT molecular complexity index is 649. The van der Waals surface area contributed by atoms with E-state index in [1.54, 1.807) is 6.07 Å². The van der Waals surface area contributed by atoms with E-state index in [4.69, 9.17) is 9.47 Å². The Morgan fingerprint density at radius 2 is 2.00 bits per heavy atom. The summed E-state index contributed by atoms with van der Waals surface area (Å²) in [6.07, 6.45) is -0.112. The predicted octanol–water partition coefficient (Wildman–Crippen LogP) is 3.11. The molecule has 4 nitrogen and oxygen atoms in total. The first kappa shape index (κ1) is 12.5. The van der Waals surface area contributed by atoms with E-state index in [9.17, 15) is 9.90 Å². The molecule has 1 heterocycles. The number of carbonyl (C=O) groups is 1. The molecule has 3 rings (SSSR count). The van der Waals surface area contributed by atoms with E-state index >= 15 is 0 Å². The van der Waals surface area contributed by atoms with Crippen molar-refractivity contribution in [3.63, 3.8) is 0 Å². The topological polar surface area (TPSA) is 55.8 Å². The van der Waals surface area contributed by atoms with Gasteiger partial charge in [-0.05, 0) is 11.6 Å². The summed E-state index contributed by atoms with van der Waals surface area (Å²) in [5.74, 6) is 0.537. The maximum Gasteiger partial charge on any atom is 0.172 e. The van der Waals surface area contributed by atoms with Crippen LogP contribution in [0.4, 0.5) is 0 Å². The summed E-state index contributed by atoms with van der Waals surface area (Å²) in [5.41, 5.74) is 1.29. The van der Waals surface area contributed by atoms with Gasteiger partial charge in [0.05, 0.1) is 19.1 Å². The quantitative estimate of drug-likeness (QED) is 0.911. The number of carbonyl (C=O) groups excluding carboxylic acids is 1. The molecule has 0 spiro atoms. The molecule has 1 aliphatic rings. The highest BCUT2D eigenvalue weighted by Gasteiger charge is 2.30. The minimum Gasteiger partial charge on any atom is -0.504 e. The van der Waals surface area contributed by atoms with Crippen LogP contribution in [0.15, 0.2) is 42.5 Å². The zero-order valence-electron chi connectivity index (χ0n) is 11.0. The number of methoxy groups -OCH3 is 1. The van der Waals surface area contributed by atoms with Gasteiger partial charge in [0.25, 0.3) is 0 Å². The molecule has 0 radical (unpaired) electrons. The molecule has 0 saturated carbocycles. The van der Waals surface area contributed by atoms with Crippen LogP contribution in [0.2, 0.25) is 0 Å². The number of benzene rings is 2. The van der Waals surface area contributed by atoms with Crippen LogP contribution in [0.5, 0.6) is 17.2 Å². The second kappa shape index (κ2) is 4.89. The van der Waals surface area contributed by atoms with E-state index in [-0.39, 0.29) is 29.8 Å². The minimum absolute atomic E-state index is 0.0608. The van der Waals surface area contributed by atoms with Crippen LogP contribution in [-0.4, -0.2) is 18.0 Å². The number of phenolic OH excluding ortho intramolecular Hbond substituents is 1. The second-order valence-corrected chi connectivity index (χ2v) is 4.67. The number of ether oxygens (including phenoxy) is 2. The summed E-state index contributed by atoms with van der Waals surface area (Å²) in [6.45, 7) is 0. The molecular formula is C16H14O4. The van der Waals surface area contributed by atoms with Crippen molar-refractivity contribution in [2.24, 2.45) is 0 Å². The SMILES string of the molecule is COc1cc(O)c2c(c1)C(=O)C[C@@H](c1ccccc1)O2. The lowest BCUT2D eigenvalue weighted by atomic mass is 9.96. The van der Waals surface area contributed by atoms with E-state index in [2.05, 4.69) is 0 Å². The highest BCUT2D eigenvalue weighted by molar-refractivity contribution is 6.01. The summed E-state index contributed by atoms with van der Waals surface area (Å²) < 4.78 is 10.8. The number of hydrogen-bond acceptors (Lipinski definition) is 4. The predicted molar refractivity (Wildman–Crippen MR) is 73.4 cm³/mol. The van der Waals surface area contributed by atoms with Crippen molar-refractivity contribution in [3.8, 4) is 17.2 Å². The summed E-state index contributed by atoms with van der Waals surface area (Å²) >= 11 is 0. The third-order valence-corrected chi connectivity index (χ3v) is 3.38. The second-order valence-electron chi connectivity index (χ2n) is 4.67. The van der Waals surface area contributed by atoms with Crippen molar-refractivity contribution in [1.82, 2.24) is 0 Å². The number of fused-ring (bicyclic) bond motifs is 1. The van der Waals surface area contributed by atoms with Crippen molar-refractivity contribution in [2.75, 3.05) is 7.11 Å². The molecule has 2 aromatic carbocycles. The van der Waals surface area contributed by atoms with Gasteiger partial charge >= 0.3 is 0 Å². The molecule has 102 valence electrons. The van der Waals surface area contributed by atoms with Crippen LogP contribution in [-0.2, 0) is 0 Å². The average molecular weight is 270 g/mol. The van der Waals surface area contributed by atoms with E-state index in [1.807, 2.05) is 30.3 Å². The number of rotatable bonds is 2. The normalized spacial score (nSPS) is 17.2. The fraction of sp³-hybridized carbons (Fsp3) is 0.188. The molecule has 1 aliphatic heterocycles. The average Bonchev–Trinajstić information content (AvgIpc) is 2.48. The van der Waals surface area contributed by atoms with Crippen LogP contribution in [0.3, 0.4) is 0 Å². The lowest BCUT2D eigenvalue weighted by Crippen LogP contribution is -2.20. The molecule has 1 atom stereocenters. The van der Waals surface area contributed by atoms with E-state index in [1.165, 1.54) is 13.2 Å². The summed E-state index contributed by atoms with van der Waals surface area (Å²) in [7, 11) is 1.49. The zero-order valence-corrected chi connectivity index (χ0v) is 11.0. The maximum atomic E-state index is 12.2. The molecule has 0 amide bonds. The summed E-state index contributed by atoms with van der Waals surface area (Å²) in [4.78, 5) is 12.2. The lowest BCUT2D eigenvalue weighted by molar-refractivity contribution is 0.0841. The Morgan fingerprint density at radius 3 is 2.70 bits per heavy atom. The highest BCUT2D eigenvalue weighted by atomic mass is 16.5. The van der Waals surface area contributed by atoms with Crippen LogP contribution >= 0.6 is 0 Å². The third-order valence-electron chi connectivity index (χ3n) is 3.38. The van der Waals surface area contributed by atoms with Gasteiger partial charge in [0.1, 0.15) is 11.9 Å².